The Kier molecular flexibility index (Phi) is 2.88. The topological polar surface area (TPSA) is 104 Å². The molecule has 3 N–H and O–H groups in total. The van der Waals surface area contributed by atoms with Gasteiger partial charge in [0.15, 0.2) is 0 Å². The first-order valence-electron chi connectivity index (χ1n) is 3.50. The Morgan fingerprint density at radius 1 is 1.62 bits per heavy atom. The van der Waals surface area contributed by atoms with E-state index in [1.54, 1.807) is 0 Å². The van der Waals surface area contributed by atoms with Gasteiger partial charge in [-0.15, -0.1) is 0 Å². The molecule has 1 atom stereocenters. The van der Waals surface area contributed by atoms with Crippen LogP contribution in [0.5, 0.6) is 0 Å². The second-order valence-corrected chi connectivity index (χ2v) is 2.31. The van der Waals surface area contributed by atoms with Crippen LogP contribution in [0.2, 0.25) is 0 Å². The lowest BCUT2D eigenvalue weighted by atomic mass is 10.2. The highest BCUT2D eigenvalue weighted by molar-refractivity contribution is 5.82. The zero-order chi connectivity index (χ0) is 9.84. The van der Waals surface area contributed by atoms with Gasteiger partial charge in [-0.05, 0) is 6.07 Å². The maximum atomic E-state index is 10.4. The molecule has 0 aliphatic heterocycles. The van der Waals surface area contributed by atoms with E-state index in [1.807, 2.05) is 0 Å². The lowest BCUT2D eigenvalue weighted by molar-refractivity contribution is 0.0677. The standard InChI is InChI=1S/C7H8N2O4/c10-3-5(11)4-1-2-8-6(9-4)7(12)13/h1-2,5,10-11H,3H2,(H,12,13). The van der Waals surface area contributed by atoms with Gasteiger partial charge in [0.05, 0.1) is 12.3 Å². The van der Waals surface area contributed by atoms with Gasteiger partial charge in [0.1, 0.15) is 6.10 Å². The van der Waals surface area contributed by atoms with Crippen molar-refractivity contribution in [3.05, 3.63) is 23.8 Å². The molecule has 70 valence electrons. The van der Waals surface area contributed by atoms with Gasteiger partial charge in [0, 0.05) is 6.20 Å². The van der Waals surface area contributed by atoms with Crippen LogP contribution in [0, 0.1) is 0 Å². The second kappa shape index (κ2) is 3.92. The Balaban J connectivity index is 2.98. The molecule has 0 amide bonds. The first-order valence-corrected chi connectivity index (χ1v) is 3.50. The molecule has 0 fully saturated rings. The molecule has 1 heterocycles. The fourth-order valence-electron chi connectivity index (χ4n) is 0.755. The number of carboxylic acid groups (broad SMARTS) is 1. The van der Waals surface area contributed by atoms with Crippen molar-refractivity contribution in [3.8, 4) is 0 Å². The molecule has 1 aromatic heterocycles. The van der Waals surface area contributed by atoms with Crippen molar-refractivity contribution in [2.45, 2.75) is 6.10 Å². The highest BCUT2D eigenvalue weighted by Gasteiger charge is 2.11. The molecule has 0 aromatic carbocycles. The summed E-state index contributed by atoms with van der Waals surface area (Å²) < 4.78 is 0. The summed E-state index contributed by atoms with van der Waals surface area (Å²) >= 11 is 0. The average molecular weight is 184 g/mol. The highest BCUT2D eigenvalue weighted by Crippen LogP contribution is 2.07. The summed E-state index contributed by atoms with van der Waals surface area (Å²) in [4.78, 5) is 17.4. The SMILES string of the molecule is O=C(O)c1nccc(C(O)CO)n1. The van der Waals surface area contributed by atoms with E-state index in [9.17, 15) is 4.79 Å². The molecular weight excluding hydrogens is 176 g/mol. The molecule has 13 heavy (non-hydrogen) atoms. The van der Waals surface area contributed by atoms with Crippen molar-refractivity contribution in [2.24, 2.45) is 0 Å². The van der Waals surface area contributed by atoms with Crippen LogP contribution in [0.25, 0.3) is 0 Å². The maximum Gasteiger partial charge on any atom is 0.373 e. The first-order chi connectivity index (χ1) is 6.15. The minimum Gasteiger partial charge on any atom is -0.475 e. The summed E-state index contributed by atoms with van der Waals surface area (Å²) in [5.41, 5.74) is 0.0925. The molecular formula is C7H8N2O4. The van der Waals surface area contributed by atoms with Gasteiger partial charge >= 0.3 is 5.97 Å². The predicted molar refractivity (Wildman–Crippen MR) is 41.0 cm³/mol. The largest absolute Gasteiger partial charge is 0.475 e. The minimum absolute atomic E-state index is 0.0925. The number of carboxylic acids is 1. The second-order valence-electron chi connectivity index (χ2n) is 2.31. The molecule has 0 radical (unpaired) electrons. The fraction of sp³-hybridized carbons (Fsp3) is 0.286. The van der Waals surface area contributed by atoms with E-state index in [0.29, 0.717) is 0 Å². The van der Waals surface area contributed by atoms with Crippen molar-refractivity contribution in [1.29, 1.82) is 0 Å². The Hall–Kier alpha value is -1.53. The van der Waals surface area contributed by atoms with Crippen molar-refractivity contribution < 1.29 is 20.1 Å². The van der Waals surface area contributed by atoms with Crippen LogP contribution in [-0.2, 0) is 0 Å². The zero-order valence-corrected chi connectivity index (χ0v) is 6.58. The maximum absolute atomic E-state index is 10.4. The number of carbonyl (C=O) groups is 1. The van der Waals surface area contributed by atoms with Crippen molar-refractivity contribution in [3.63, 3.8) is 0 Å². The third-order valence-corrected chi connectivity index (χ3v) is 1.38. The molecule has 6 heteroatoms. The molecule has 6 nitrogen and oxygen atoms in total. The van der Waals surface area contributed by atoms with E-state index in [1.165, 1.54) is 12.3 Å². The minimum atomic E-state index is -1.27. The molecule has 0 saturated heterocycles. The monoisotopic (exact) mass is 184 g/mol. The molecule has 0 spiro atoms. The quantitative estimate of drug-likeness (QED) is 0.568. The van der Waals surface area contributed by atoms with Crippen molar-refractivity contribution in [1.82, 2.24) is 9.97 Å². The average Bonchev–Trinajstić information content (AvgIpc) is 2.17. The van der Waals surface area contributed by atoms with Gasteiger partial charge in [-0.25, -0.2) is 14.8 Å². The van der Waals surface area contributed by atoms with E-state index in [0.717, 1.165) is 0 Å². The Labute approximate surface area is 73.5 Å². The van der Waals surface area contributed by atoms with Crippen LogP contribution in [0.4, 0.5) is 0 Å². The molecule has 0 saturated carbocycles. The summed E-state index contributed by atoms with van der Waals surface area (Å²) in [5, 5.41) is 26.2. The van der Waals surface area contributed by atoms with Crippen LogP contribution < -0.4 is 0 Å². The van der Waals surface area contributed by atoms with Gasteiger partial charge in [0.25, 0.3) is 0 Å². The summed E-state index contributed by atoms with van der Waals surface area (Å²) in [7, 11) is 0. The third kappa shape index (κ3) is 2.20. The number of aromatic nitrogens is 2. The fourth-order valence-corrected chi connectivity index (χ4v) is 0.755. The molecule has 0 aliphatic rings. The van der Waals surface area contributed by atoms with E-state index in [-0.39, 0.29) is 5.69 Å². The number of hydrogen-bond acceptors (Lipinski definition) is 5. The van der Waals surface area contributed by atoms with Crippen LogP contribution in [0.1, 0.15) is 22.4 Å². The smallest absolute Gasteiger partial charge is 0.373 e. The number of aliphatic hydroxyl groups excluding tert-OH is 2. The normalized spacial score (nSPS) is 12.5. The summed E-state index contributed by atoms with van der Waals surface area (Å²) in [6, 6.07) is 1.34. The van der Waals surface area contributed by atoms with E-state index >= 15 is 0 Å². The van der Waals surface area contributed by atoms with Crippen molar-refractivity contribution >= 4 is 5.97 Å². The van der Waals surface area contributed by atoms with Crippen LogP contribution >= 0.6 is 0 Å². The Morgan fingerprint density at radius 3 is 2.85 bits per heavy atom. The van der Waals surface area contributed by atoms with Gasteiger partial charge in [-0.2, -0.15) is 0 Å². The van der Waals surface area contributed by atoms with Gasteiger partial charge in [-0.3, -0.25) is 0 Å². The summed E-state index contributed by atoms with van der Waals surface area (Å²) in [6.45, 7) is -0.504. The Bertz CT molecular complexity index is 315. The Morgan fingerprint density at radius 2 is 2.31 bits per heavy atom. The van der Waals surface area contributed by atoms with Gasteiger partial charge < -0.3 is 15.3 Å². The van der Waals surface area contributed by atoms with Crippen LogP contribution in [-0.4, -0.2) is 37.9 Å². The number of hydrogen-bond donors (Lipinski definition) is 3. The lowest BCUT2D eigenvalue weighted by Gasteiger charge is -2.05. The zero-order valence-electron chi connectivity index (χ0n) is 6.58. The molecule has 1 aromatic rings. The number of rotatable bonds is 3. The summed E-state index contributed by atoms with van der Waals surface area (Å²) in [5.74, 6) is -1.67. The number of aromatic carboxylic acids is 1. The molecule has 1 rings (SSSR count). The van der Waals surface area contributed by atoms with Crippen molar-refractivity contribution in [2.75, 3.05) is 6.61 Å². The summed E-state index contributed by atoms with van der Waals surface area (Å²) in [6.07, 6.45) is 0.0473. The van der Waals surface area contributed by atoms with E-state index in [2.05, 4.69) is 9.97 Å². The van der Waals surface area contributed by atoms with Gasteiger partial charge in [0.2, 0.25) is 5.82 Å². The number of aliphatic hydroxyl groups is 2. The lowest BCUT2D eigenvalue weighted by Crippen LogP contribution is -2.10. The van der Waals surface area contributed by atoms with Crippen LogP contribution in [0.3, 0.4) is 0 Å². The van der Waals surface area contributed by atoms with Gasteiger partial charge in [-0.1, -0.05) is 0 Å². The first kappa shape index (κ1) is 9.56. The van der Waals surface area contributed by atoms with E-state index < -0.39 is 24.5 Å². The molecule has 0 aliphatic carbocycles. The van der Waals surface area contributed by atoms with Crippen LogP contribution in [0.15, 0.2) is 12.3 Å². The highest BCUT2D eigenvalue weighted by atomic mass is 16.4. The van der Waals surface area contributed by atoms with E-state index in [4.69, 9.17) is 15.3 Å². The predicted octanol–water partition coefficient (Wildman–Crippen LogP) is -0.800. The molecule has 1 unspecified atom stereocenters. The third-order valence-electron chi connectivity index (χ3n) is 1.38. The number of nitrogens with zero attached hydrogens (tertiary/aromatic N) is 2. The molecule has 0 bridgehead atoms.